The maximum atomic E-state index is 11.8. The van der Waals surface area contributed by atoms with E-state index in [2.05, 4.69) is 22.2 Å². The first-order valence-electron chi connectivity index (χ1n) is 6.92. The van der Waals surface area contributed by atoms with Gasteiger partial charge in [-0.2, -0.15) is 0 Å². The smallest absolute Gasteiger partial charge is 0.268 e. The highest BCUT2D eigenvalue weighted by molar-refractivity contribution is 7.17. The zero-order valence-corrected chi connectivity index (χ0v) is 11.9. The highest BCUT2D eigenvalue weighted by Crippen LogP contribution is 2.23. The summed E-state index contributed by atoms with van der Waals surface area (Å²) < 4.78 is 0.718. The second-order valence-corrected chi connectivity index (χ2v) is 6.40. The summed E-state index contributed by atoms with van der Waals surface area (Å²) in [5, 5.41) is 5.42. The number of fused-ring (bicyclic) bond motifs is 1. The maximum Gasteiger partial charge on any atom is 0.268 e. The van der Waals surface area contributed by atoms with Crippen LogP contribution in [-0.2, 0) is 6.54 Å². The number of aromatic amines is 1. The minimum Gasteiger partial charge on any atom is -0.308 e. The van der Waals surface area contributed by atoms with Crippen molar-refractivity contribution in [2.45, 2.75) is 45.2 Å². The number of aromatic nitrogens is 2. The van der Waals surface area contributed by atoms with E-state index in [0.717, 1.165) is 22.0 Å². The van der Waals surface area contributed by atoms with Gasteiger partial charge in [0.2, 0.25) is 0 Å². The van der Waals surface area contributed by atoms with Gasteiger partial charge in [-0.3, -0.25) is 4.79 Å². The topological polar surface area (TPSA) is 57.8 Å². The average molecular weight is 277 g/mol. The number of hydrogen-bond donors (Lipinski definition) is 2. The van der Waals surface area contributed by atoms with Gasteiger partial charge in [-0.15, -0.1) is 11.3 Å². The molecule has 0 atom stereocenters. The molecular weight excluding hydrogens is 258 g/mol. The summed E-state index contributed by atoms with van der Waals surface area (Å²) in [6.45, 7) is 2.97. The van der Waals surface area contributed by atoms with E-state index >= 15 is 0 Å². The molecule has 0 aromatic carbocycles. The summed E-state index contributed by atoms with van der Waals surface area (Å²) in [6.07, 6.45) is 5.05. The molecule has 0 aliphatic heterocycles. The molecule has 0 saturated heterocycles. The molecule has 2 aromatic rings. The molecule has 19 heavy (non-hydrogen) atoms. The Labute approximate surface area is 116 Å². The van der Waals surface area contributed by atoms with Gasteiger partial charge in [0.25, 0.3) is 5.56 Å². The van der Waals surface area contributed by atoms with E-state index in [1.165, 1.54) is 37.0 Å². The minimum absolute atomic E-state index is 0.0194. The lowest BCUT2D eigenvalue weighted by molar-refractivity contribution is 0.305. The molecule has 2 N–H and O–H groups in total. The molecule has 1 aliphatic carbocycles. The van der Waals surface area contributed by atoms with Crippen molar-refractivity contribution < 1.29 is 0 Å². The lowest BCUT2D eigenvalue weighted by Crippen LogP contribution is -2.33. The van der Waals surface area contributed by atoms with E-state index in [9.17, 15) is 4.79 Å². The third kappa shape index (κ3) is 2.87. The Morgan fingerprint density at radius 2 is 2.21 bits per heavy atom. The quantitative estimate of drug-likeness (QED) is 0.907. The number of hydrogen-bond acceptors (Lipinski definition) is 4. The van der Waals surface area contributed by atoms with Crippen LogP contribution in [0.15, 0.2) is 16.2 Å². The first-order chi connectivity index (χ1) is 9.22. The summed E-state index contributed by atoms with van der Waals surface area (Å²) in [6, 6.07) is 2.47. The Hall–Kier alpha value is -1.20. The maximum absolute atomic E-state index is 11.8. The lowest BCUT2D eigenvalue weighted by Gasteiger charge is -2.26. The summed E-state index contributed by atoms with van der Waals surface area (Å²) in [5.41, 5.74) is 0.789. The van der Waals surface area contributed by atoms with Gasteiger partial charge in [0.15, 0.2) is 0 Å². The Morgan fingerprint density at radius 1 is 1.42 bits per heavy atom. The largest absolute Gasteiger partial charge is 0.308 e. The molecule has 0 bridgehead atoms. The Kier molecular flexibility index (Phi) is 3.66. The van der Waals surface area contributed by atoms with Crippen LogP contribution in [0.4, 0.5) is 0 Å². The van der Waals surface area contributed by atoms with Gasteiger partial charge in [0, 0.05) is 6.04 Å². The van der Waals surface area contributed by atoms with E-state index in [0.29, 0.717) is 12.6 Å². The van der Waals surface area contributed by atoms with E-state index < -0.39 is 0 Å². The molecule has 0 radical (unpaired) electrons. The molecule has 5 heteroatoms. The fourth-order valence-corrected chi connectivity index (χ4v) is 3.44. The normalized spacial score (nSPS) is 23.8. The van der Waals surface area contributed by atoms with Gasteiger partial charge >= 0.3 is 0 Å². The highest BCUT2D eigenvalue weighted by Gasteiger charge is 2.17. The fraction of sp³-hybridized carbons (Fsp3) is 0.571. The number of nitrogens with zero attached hydrogens (tertiary/aromatic N) is 1. The van der Waals surface area contributed by atoms with E-state index in [1.807, 2.05) is 11.4 Å². The molecule has 1 aliphatic rings. The van der Waals surface area contributed by atoms with Gasteiger partial charge in [0.05, 0.1) is 12.1 Å². The zero-order chi connectivity index (χ0) is 13.2. The van der Waals surface area contributed by atoms with Crippen LogP contribution in [0.5, 0.6) is 0 Å². The molecule has 2 aromatic heterocycles. The predicted molar refractivity (Wildman–Crippen MR) is 78.5 cm³/mol. The number of H-pyrrole nitrogens is 1. The second-order valence-electron chi connectivity index (χ2n) is 5.49. The molecule has 4 nitrogen and oxygen atoms in total. The van der Waals surface area contributed by atoms with Crippen molar-refractivity contribution in [3.63, 3.8) is 0 Å². The lowest BCUT2D eigenvalue weighted by atomic mass is 9.87. The van der Waals surface area contributed by atoms with Crippen LogP contribution in [0, 0.1) is 5.92 Å². The van der Waals surface area contributed by atoms with Crippen LogP contribution in [0.2, 0.25) is 0 Å². The molecule has 0 spiro atoms. The first-order valence-corrected chi connectivity index (χ1v) is 7.80. The molecule has 1 saturated carbocycles. The van der Waals surface area contributed by atoms with Crippen LogP contribution in [0.1, 0.15) is 38.4 Å². The van der Waals surface area contributed by atoms with Gasteiger partial charge in [-0.05, 0) is 43.0 Å². The Balaban J connectivity index is 1.66. The van der Waals surface area contributed by atoms with Gasteiger partial charge in [-0.25, -0.2) is 4.98 Å². The average Bonchev–Trinajstić information content (AvgIpc) is 2.87. The van der Waals surface area contributed by atoms with Crippen molar-refractivity contribution in [3.8, 4) is 0 Å². The van der Waals surface area contributed by atoms with E-state index in [1.54, 1.807) is 0 Å². The Morgan fingerprint density at radius 3 is 3.00 bits per heavy atom. The molecular formula is C14H19N3OS. The summed E-state index contributed by atoms with van der Waals surface area (Å²) >= 11 is 1.44. The Bertz CT molecular complexity index is 610. The highest BCUT2D eigenvalue weighted by atomic mass is 32.1. The summed E-state index contributed by atoms with van der Waals surface area (Å²) in [4.78, 5) is 19.2. The third-order valence-electron chi connectivity index (χ3n) is 3.94. The predicted octanol–water partition coefficient (Wildman–Crippen LogP) is 2.65. The molecule has 102 valence electrons. The molecule has 0 unspecified atom stereocenters. The van der Waals surface area contributed by atoms with Crippen molar-refractivity contribution in [1.82, 2.24) is 15.3 Å². The minimum atomic E-state index is -0.0194. The van der Waals surface area contributed by atoms with Crippen molar-refractivity contribution in [1.29, 1.82) is 0 Å². The standard InChI is InChI=1S/C14H19N3OS/c1-9-2-4-10(5-3-9)15-8-12-16-11-6-7-19-13(11)14(18)17-12/h6-7,9-10,15H,2-5,8H2,1H3,(H,16,17,18). The summed E-state index contributed by atoms with van der Waals surface area (Å²) in [7, 11) is 0. The van der Waals surface area contributed by atoms with Gasteiger partial charge < -0.3 is 10.3 Å². The van der Waals surface area contributed by atoms with Crippen molar-refractivity contribution in [2.24, 2.45) is 5.92 Å². The molecule has 2 heterocycles. The molecule has 1 fully saturated rings. The third-order valence-corrected chi connectivity index (χ3v) is 4.84. The van der Waals surface area contributed by atoms with Crippen LogP contribution >= 0.6 is 11.3 Å². The SMILES string of the molecule is CC1CCC(NCc2nc3ccsc3c(=O)[nH]2)CC1. The van der Waals surface area contributed by atoms with Crippen molar-refractivity contribution in [3.05, 3.63) is 27.6 Å². The number of nitrogens with one attached hydrogen (secondary N) is 2. The molecule has 0 amide bonds. The summed E-state index contributed by atoms with van der Waals surface area (Å²) in [5.74, 6) is 1.60. The first kappa shape index (κ1) is 12.8. The second kappa shape index (κ2) is 5.43. The fourth-order valence-electron chi connectivity index (χ4n) is 2.71. The van der Waals surface area contributed by atoms with Crippen LogP contribution in [0.3, 0.4) is 0 Å². The molecule has 3 rings (SSSR count). The number of rotatable bonds is 3. The van der Waals surface area contributed by atoms with Crippen LogP contribution < -0.4 is 10.9 Å². The van der Waals surface area contributed by atoms with E-state index in [-0.39, 0.29) is 5.56 Å². The van der Waals surface area contributed by atoms with Crippen molar-refractivity contribution >= 4 is 21.6 Å². The van der Waals surface area contributed by atoms with Crippen molar-refractivity contribution in [2.75, 3.05) is 0 Å². The van der Waals surface area contributed by atoms with Crippen LogP contribution in [-0.4, -0.2) is 16.0 Å². The number of thiophene rings is 1. The van der Waals surface area contributed by atoms with E-state index in [4.69, 9.17) is 0 Å². The monoisotopic (exact) mass is 277 g/mol. The van der Waals surface area contributed by atoms with Gasteiger partial charge in [-0.1, -0.05) is 6.92 Å². The van der Waals surface area contributed by atoms with Crippen LogP contribution in [0.25, 0.3) is 10.2 Å². The zero-order valence-electron chi connectivity index (χ0n) is 11.1. The van der Waals surface area contributed by atoms with Gasteiger partial charge in [0.1, 0.15) is 10.5 Å².